The lowest BCUT2D eigenvalue weighted by molar-refractivity contribution is 0.204. The molecule has 86 valence electrons. The minimum absolute atomic E-state index is 0.00592. The van der Waals surface area contributed by atoms with Gasteiger partial charge in [-0.3, -0.25) is 0 Å². The van der Waals surface area contributed by atoms with Crippen LogP contribution in [0.2, 0.25) is 0 Å². The molecular weight excluding hydrogens is 228 g/mol. The molecule has 0 bridgehead atoms. The SMILES string of the molecule is COCCNS(=O)(=O)c1ccccc1C#N. The fourth-order valence-corrected chi connectivity index (χ4v) is 2.32. The van der Waals surface area contributed by atoms with Gasteiger partial charge in [0.2, 0.25) is 10.0 Å². The Bertz CT molecular complexity index is 491. The zero-order valence-electron chi connectivity index (χ0n) is 8.80. The minimum atomic E-state index is -3.63. The molecule has 0 aliphatic rings. The molecule has 5 nitrogen and oxygen atoms in total. The van der Waals surface area contributed by atoms with Gasteiger partial charge < -0.3 is 4.74 Å². The molecule has 6 heteroatoms. The summed E-state index contributed by atoms with van der Waals surface area (Å²) >= 11 is 0. The van der Waals surface area contributed by atoms with Crippen molar-refractivity contribution in [2.24, 2.45) is 0 Å². The summed E-state index contributed by atoms with van der Waals surface area (Å²) in [7, 11) is -2.14. The summed E-state index contributed by atoms with van der Waals surface area (Å²) in [5, 5.41) is 8.79. The maximum absolute atomic E-state index is 11.8. The Morgan fingerprint density at radius 3 is 2.75 bits per heavy atom. The minimum Gasteiger partial charge on any atom is -0.383 e. The van der Waals surface area contributed by atoms with Crippen LogP contribution in [0.5, 0.6) is 0 Å². The van der Waals surface area contributed by atoms with Gasteiger partial charge in [0.05, 0.1) is 17.1 Å². The van der Waals surface area contributed by atoms with Crippen LogP contribution in [0.3, 0.4) is 0 Å². The summed E-state index contributed by atoms with van der Waals surface area (Å²) in [5.41, 5.74) is 0.132. The topological polar surface area (TPSA) is 79.2 Å². The highest BCUT2D eigenvalue weighted by Gasteiger charge is 2.16. The molecule has 0 unspecified atom stereocenters. The van der Waals surface area contributed by atoms with Crippen LogP contribution in [-0.2, 0) is 14.8 Å². The lowest BCUT2D eigenvalue weighted by atomic mass is 10.2. The van der Waals surface area contributed by atoms with Crippen molar-refractivity contribution in [2.75, 3.05) is 20.3 Å². The van der Waals surface area contributed by atoms with Crippen LogP contribution in [0.25, 0.3) is 0 Å². The highest BCUT2D eigenvalue weighted by molar-refractivity contribution is 7.89. The zero-order valence-corrected chi connectivity index (χ0v) is 9.62. The van der Waals surface area contributed by atoms with Crippen LogP contribution in [-0.4, -0.2) is 28.7 Å². The molecule has 1 aromatic rings. The number of ether oxygens (including phenoxy) is 1. The van der Waals surface area contributed by atoms with Crippen molar-refractivity contribution in [2.45, 2.75) is 4.90 Å². The van der Waals surface area contributed by atoms with Gasteiger partial charge in [0.25, 0.3) is 0 Å². The first kappa shape index (κ1) is 12.6. The van der Waals surface area contributed by atoms with Crippen LogP contribution in [0.1, 0.15) is 5.56 Å². The summed E-state index contributed by atoms with van der Waals surface area (Å²) in [6.07, 6.45) is 0. The summed E-state index contributed by atoms with van der Waals surface area (Å²) in [5.74, 6) is 0. The number of nitrogens with one attached hydrogen (secondary N) is 1. The van der Waals surface area contributed by atoms with Crippen LogP contribution in [0, 0.1) is 11.3 Å². The Morgan fingerprint density at radius 1 is 1.44 bits per heavy atom. The van der Waals surface area contributed by atoms with E-state index in [9.17, 15) is 8.42 Å². The summed E-state index contributed by atoms with van der Waals surface area (Å²) in [6.45, 7) is 0.465. The average molecular weight is 240 g/mol. The molecular formula is C10H12N2O3S. The second-order valence-electron chi connectivity index (χ2n) is 3.00. The molecule has 0 spiro atoms. The normalized spacial score (nSPS) is 11.0. The number of hydrogen-bond donors (Lipinski definition) is 1. The van der Waals surface area contributed by atoms with E-state index in [1.54, 1.807) is 12.1 Å². The first-order valence-electron chi connectivity index (χ1n) is 4.59. The maximum Gasteiger partial charge on any atom is 0.241 e. The van der Waals surface area contributed by atoms with Gasteiger partial charge in [0, 0.05) is 13.7 Å². The van der Waals surface area contributed by atoms with Gasteiger partial charge in [0.1, 0.15) is 6.07 Å². The van der Waals surface area contributed by atoms with Crippen molar-refractivity contribution >= 4 is 10.0 Å². The quantitative estimate of drug-likeness (QED) is 0.759. The Balaban J connectivity index is 2.95. The van der Waals surface area contributed by atoms with Crippen molar-refractivity contribution in [3.05, 3.63) is 29.8 Å². The molecule has 0 radical (unpaired) electrons. The van der Waals surface area contributed by atoms with Gasteiger partial charge >= 0.3 is 0 Å². The van der Waals surface area contributed by atoms with E-state index in [0.717, 1.165) is 0 Å². The van der Waals surface area contributed by atoms with Crippen molar-refractivity contribution in [1.29, 1.82) is 5.26 Å². The van der Waals surface area contributed by atoms with E-state index >= 15 is 0 Å². The first-order valence-corrected chi connectivity index (χ1v) is 6.08. The van der Waals surface area contributed by atoms with Gasteiger partial charge in [-0.1, -0.05) is 12.1 Å². The molecule has 0 fully saturated rings. The number of rotatable bonds is 5. The second kappa shape index (κ2) is 5.61. The Kier molecular flexibility index (Phi) is 4.43. The molecule has 0 amide bonds. The zero-order chi connectivity index (χ0) is 12.0. The molecule has 1 aromatic carbocycles. The monoisotopic (exact) mass is 240 g/mol. The number of nitriles is 1. The Morgan fingerprint density at radius 2 is 2.12 bits per heavy atom. The van der Waals surface area contributed by atoms with E-state index in [1.165, 1.54) is 19.2 Å². The largest absolute Gasteiger partial charge is 0.383 e. The Hall–Kier alpha value is -1.42. The van der Waals surface area contributed by atoms with Gasteiger partial charge in [-0.25, -0.2) is 13.1 Å². The standard InChI is InChI=1S/C10H12N2O3S/c1-15-7-6-12-16(13,14)10-5-3-2-4-9(10)8-11/h2-5,12H,6-7H2,1H3. The van der Waals surface area contributed by atoms with E-state index in [4.69, 9.17) is 10.00 Å². The van der Waals surface area contributed by atoms with E-state index < -0.39 is 10.0 Å². The van der Waals surface area contributed by atoms with Crippen LogP contribution in [0.15, 0.2) is 29.2 Å². The fraction of sp³-hybridized carbons (Fsp3) is 0.300. The predicted octanol–water partition coefficient (Wildman–Crippen LogP) is 0.483. The molecule has 1 rings (SSSR count). The van der Waals surface area contributed by atoms with Crippen molar-refractivity contribution in [3.63, 3.8) is 0 Å². The highest BCUT2D eigenvalue weighted by atomic mass is 32.2. The molecule has 16 heavy (non-hydrogen) atoms. The third-order valence-corrected chi connectivity index (χ3v) is 3.41. The van der Waals surface area contributed by atoms with E-state index in [0.29, 0.717) is 0 Å². The van der Waals surface area contributed by atoms with E-state index in [1.807, 2.05) is 6.07 Å². The lowest BCUT2D eigenvalue weighted by Gasteiger charge is -2.07. The number of methoxy groups -OCH3 is 1. The smallest absolute Gasteiger partial charge is 0.241 e. The van der Waals surface area contributed by atoms with E-state index in [2.05, 4.69) is 4.72 Å². The fourth-order valence-electron chi connectivity index (χ4n) is 1.15. The molecule has 0 aromatic heterocycles. The van der Waals surface area contributed by atoms with Crippen molar-refractivity contribution < 1.29 is 13.2 Å². The first-order chi connectivity index (χ1) is 7.61. The van der Waals surface area contributed by atoms with Crippen LogP contribution in [0.4, 0.5) is 0 Å². The van der Waals surface area contributed by atoms with E-state index in [-0.39, 0.29) is 23.6 Å². The van der Waals surface area contributed by atoms with Crippen molar-refractivity contribution in [1.82, 2.24) is 4.72 Å². The Labute approximate surface area is 94.7 Å². The molecule has 0 aliphatic carbocycles. The molecule has 1 N–H and O–H groups in total. The van der Waals surface area contributed by atoms with Gasteiger partial charge in [-0.2, -0.15) is 5.26 Å². The lowest BCUT2D eigenvalue weighted by Crippen LogP contribution is -2.27. The molecule has 0 heterocycles. The van der Waals surface area contributed by atoms with Crippen LogP contribution >= 0.6 is 0 Å². The number of nitrogens with zero attached hydrogens (tertiary/aromatic N) is 1. The van der Waals surface area contributed by atoms with Crippen LogP contribution < -0.4 is 4.72 Å². The number of benzene rings is 1. The van der Waals surface area contributed by atoms with Gasteiger partial charge in [0.15, 0.2) is 0 Å². The summed E-state index contributed by atoms with van der Waals surface area (Å²) < 4.78 is 30.6. The van der Waals surface area contributed by atoms with Gasteiger partial charge in [-0.15, -0.1) is 0 Å². The molecule has 0 saturated carbocycles. The number of hydrogen-bond acceptors (Lipinski definition) is 4. The predicted molar refractivity (Wildman–Crippen MR) is 58.2 cm³/mol. The molecule has 0 saturated heterocycles. The third kappa shape index (κ3) is 3.03. The second-order valence-corrected chi connectivity index (χ2v) is 4.73. The molecule has 0 atom stereocenters. The van der Waals surface area contributed by atoms with Gasteiger partial charge in [-0.05, 0) is 12.1 Å². The highest BCUT2D eigenvalue weighted by Crippen LogP contribution is 2.13. The maximum atomic E-state index is 11.8. The number of sulfonamides is 1. The summed E-state index contributed by atoms with van der Waals surface area (Å²) in [6, 6.07) is 7.89. The molecule has 0 aliphatic heterocycles. The third-order valence-electron chi connectivity index (χ3n) is 1.90. The average Bonchev–Trinajstić information content (AvgIpc) is 2.29. The summed E-state index contributed by atoms with van der Waals surface area (Å²) in [4.78, 5) is -0.00592. The van der Waals surface area contributed by atoms with Crippen molar-refractivity contribution in [3.8, 4) is 6.07 Å².